The van der Waals surface area contributed by atoms with Crippen molar-refractivity contribution >= 4 is 5.95 Å². The predicted molar refractivity (Wildman–Crippen MR) is 59.4 cm³/mol. The minimum absolute atomic E-state index is 0.551. The summed E-state index contributed by atoms with van der Waals surface area (Å²) < 4.78 is 10.4. The Morgan fingerprint density at radius 1 is 1.31 bits per heavy atom. The van der Waals surface area contributed by atoms with E-state index in [1.54, 1.807) is 19.5 Å². The fraction of sp³-hybridized carbons (Fsp3) is 0.273. The van der Waals surface area contributed by atoms with E-state index in [0.717, 1.165) is 11.5 Å². The number of hydrogen-bond donors (Lipinski definition) is 1. The second kappa shape index (κ2) is 4.65. The molecule has 84 valence electrons. The van der Waals surface area contributed by atoms with E-state index in [2.05, 4.69) is 15.3 Å². The van der Waals surface area contributed by atoms with Crippen molar-refractivity contribution in [3.63, 3.8) is 0 Å². The molecule has 0 aliphatic carbocycles. The van der Waals surface area contributed by atoms with Crippen LogP contribution in [-0.4, -0.2) is 17.1 Å². The average molecular weight is 219 g/mol. The van der Waals surface area contributed by atoms with Crippen LogP contribution in [0.5, 0.6) is 5.75 Å². The maximum Gasteiger partial charge on any atom is 0.223 e. The van der Waals surface area contributed by atoms with Gasteiger partial charge in [-0.3, -0.25) is 0 Å². The van der Waals surface area contributed by atoms with E-state index in [9.17, 15) is 0 Å². The molecule has 0 radical (unpaired) electrons. The molecule has 2 aromatic rings. The van der Waals surface area contributed by atoms with Crippen LogP contribution in [0.1, 0.15) is 11.5 Å². The van der Waals surface area contributed by atoms with Crippen LogP contribution in [0.4, 0.5) is 5.95 Å². The lowest BCUT2D eigenvalue weighted by molar-refractivity contribution is 0.411. The first-order chi connectivity index (χ1) is 7.78. The largest absolute Gasteiger partial charge is 0.494 e. The van der Waals surface area contributed by atoms with Crippen molar-refractivity contribution in [1.82, 2.24) is 9.97 Å². The van der Waals surface area contributed by atoms with Gasteiger partial charge in [-0.25, -0.2) is 9.97 Å². The summed E-state index contributed by atoms with van der Waals surface area (Å²) in [7, 11) is 1.58. The Hall–Kier alpha value is -2.04. The van der Waals surface area contributed by atoms with Gasteiger partial charge in [0.15, 0.2) is 5.75 Å². The van der Waals surface area contributed by atoms with Gasteiger partial charge in [0.2, 0.25) is 5.95 Å². The first kappa shape index (κ1) is 10.5. The van der Waals surface area contributed by atoms with E-state index in [0.29, 0.717) is 18.2 Å². The summed E-state index contributed by atoms with van der Waals surface area (Å²) >= 11 is 0. The van der Waals surface area contributed by atoms with Gasteiger partial charge < -0.3 is 14.5 Å². The zero-order valence-corrected chi connectivity index (χ0v) is 9.23. The normalized spacial score (nSPS) is 10.1. The lowest BCUT2D eigenvalue weighted by Crippen LogP contribution is -2.02. The first-order valence-corrected chi connectivity index (χ1v) is 4.93. The van der Waals surface area contributed by atoms with Crippen molar-refractivity contribution in [2.75, 3.05) is 12.4 Å². The van der Waals surface area contributed by atoms with E-state index < -0.39 is 0 Å². The minimum Gasteiger partial charge on any atom is -0.494 e. The second-order valence-electron chi connectivity index (χ2n) is 3.31. The zero-order chi connectivity index (χ0) is 11.4. The molecule has 2 rings (SSSR count). The van der Waals surface area contributed by atoms with Crippen LogP contribution in [0.3, 0.4) is 0 Å². The number of nitrogens with zero attached hydrogens (tertiary/aromatic N) is 2. The van der Waals surface area contributed by atoms with Gasteiger partial charge in [-0.15, -0.1) is 0 Å². The predicted octanol–water partition coefficient (Wildman–Crippen LogP) is 2.00. The van der Waals surface area contributed by atoms with Crippen molar-refractivity contribution in [3.05, 3.63) is 36.0 Å². The van der Waals surface area contributed by atoms with Gasteiger partial charge in [0.1, 0.15) is 11.5 Å². The summed E-state index contributed by atoms with van der Waals surface area (Å²) in [4.78, 5) is 8.17. The number of aryl methyl sites for hydroxylation is 1. The maximum absolute atomic E-state index is 5.41. The average Bonchev–Trinajstić information content (AvgIpc) is 2.73. The third-order valence-electron chi connectivity index (χ3n) is 2.08. The van der Waals surface area contributed by atoms with Crippen LogP contribution >= 0.6 is 0 Å². The number of nitrogens with one attached hydrogen (secondary N) is 1. The van der Waals surface area contributed by atoms with Crippen molar-refractivity contribution in [3.8, 4) is 5.75 Å². The number of methoxy groups -OCH3 is 1. The van der Waals surface area contributed by atoms with E-state index in [1.807, 2.05) is 19.1 Å². The Labute approximate surface area is 93.5 Å². The SMILES string of the molecule is COc1cnc(NCc2ccc(C)o2)nc1. The number of furan rings is 1. The zero-order valence-electron chi connectivity index (χ0n) is 9.23. The summed E-state index contributed by atoms with van der Waals surface area (Å²) in [5, 5.41) is 3.05. The highest BCUT2D eigenvalue weighted by molar-refractivity contribution is 5.27. The molecular weight excluding hydrogens is 206 g/mol. The van der Waals surface area contributed by atoms with Crippen LogP contribution in [0, 0.1) is 6.92 Å². The molecule has 2 heterocycles. The number of ether oxygens (including phenoxy) is 1. The van der Waals surface area contributed by atoms with Gasteiger partial charge in [-0.2, -0.15) is 0 Å². The molecule has 0 bridgehead atoms. The third-order valence-corrected chi connectivity index (χ3v) is 2.08. The molecule has 0 spiro atoms. The Morgan fingerprint density at radius 2 is 2.06 bits per heavy atom. The van der Waals surface area contributed by atoms with Gasteiger partial charge >= 0.3 is 0 Å². The fourth-order valence-electron chi connectivity index (χ4n) is 1.26. The Bertz CT molecular complexity index is 451. The van der Waals surface area contributed by atoms with Crippen molar-refractivity contribution in [2.45, 2.75) is 13.5 Å². The summed E-state index contributed by atoms with van der Waals surface area (Å²) in [5.74, 6) is 2.94. The quantitative estimate of drug-likeness (QED) is 0.852. The molecule has 0 unspecified atom stereocenters. The lowest BCUT2D eigenvalue weighted by atomic mass is 10.4. The smallest absolute Gasteiger partial charge is 0.223 e. The lowest BCUT2D eigenvalue weighted by Gasteiger charge is -2.03. The summed E-state index contributed by atoms with van der Waals surface area (Å²) in [5.41, 5.74) is 0. The summed E-state index contributed by atoms with van der Waals surface area (Å²) in [6.45, 7) is 2.48. The molecule has 0 aliphatic heterocycles. The van der Waals surface area contributed by atoms with Gasteiger partial charge in [0.05, 0.1) is 26.0 Å². The summed E-state index contributed by atoms with van der Waals surface area (Å²) in [6, 6.07) is 3.84. The monoisotopic (exact) mass is 219 g/mol. The number of hydrogen-bond acceptors (Lipinski definition) is 5. The van der Waals surface area contributed by atoms with Gasteiger partial charge in [0.25, 0.3) is 0 Å². The van der Waals surface area contributed by atoms with Crippen molar-refractivity contribution in [1.29, 1.82) is 0 Å². The van der Waals surface area contributed by atoms with E-state index in [4.69, 9.17) is 9.15 Å². The molecule has 1 N–H and O–H groups in total. The third kappa shape index (κ3) is 2.50. The molecule has 5 heteroatoms. The van der Waals surface area contributed by atoms with Crippen LogP contribution in [0.2, 0.25) is 0 Å². The van der Waals surface area contributed by atoms with Crippen molar-refractivity contribution in [2.24, 2.45) is 0 Å². The minimum atomic E-state index is 0.551. The first-order valence-electron chi connectivity index (χ1n) is 4.93. The standard InChI is InChI=1S/C11H13N3O2/c1-8-3-4-9(16-8)5-12-11-13-6-10(15-2)7-14-11/h3-4,6-7H,5H2,1-2H3,(H,12,13,14). The van der Waals surface area contributed by atoms with Crippen LogP contribution < -0.4 is 10.1 Å². The Morgan fingerprint density at radius 3 is 2.62 bits per heavy atom. The fourth-order valence-corrected chi connectivity index (χ4v) is 1.26. The van der Waals surface area contributed by atoms with Crippen molar-refractivity contribution < 1.29 is 9.15 Å². The molecule has 0 amide bonds. The second-order valence-corrected chi connectivity index (χ2v) is 3.31. The summed E-state index contributed by atoms with van der Waals surface area (Å²) in [6.07, 6.45) is 3.23. The molecule has 16 heavy (non-hydrogen) atoms. The van der Waals surface area contributed by atoms with Gasteiger partial charge in [0, 0.05) is 0 Å². The molecule has 0 saturated heterocycles. The van der Waals surface area contributed by atoms with Crippen LogP contribution in [0.25, 0.3) is 0 Å². The number of anilines is 1. The molecule has 0 aromatic carbocycles. The number of aromatic nitrogens is 2. The Kier molecular flexibility index (Phi) is 3.05. The maximum atomic E-state index is 5.41. The highest BCUT2D eigenvalue weighted by atomic mass is 16.5. The van der Waals surface area contributed by atoms with Gasteiger partial charge in [-0.05, 0) is 19.1 Å². The Balaban J connectivity index is 1.94. The van der Waals surface area contributed by atoms with E-state index in [-0.39, 0.29) is 0 Å². The highest BCUT2D eigenvalue weighted by Crippen LogP contribution is 2.10. The molecule has 2 aromatic heterocycles. The number of rotatable bonds is 4. The van der Waals surface area contributed by atoms with Crippen LogP contribution in [-0.2, 0) is 6.54 Å². The topological polar surface area (TPSA) is 60.2 Å². The molecule has 0 atom stereocenters. The van der Waals surface area contributed by atoms with Gasteiger partial charge in [-0.1, -0.05) is 0 Å². The molecule has 0 aliphatic rings. The highest BCUT2D eigenvalue weighted by Gasteiger charge is 2.00. The molecular formula is C11H13N3O2. The van der Waals surface area contributed by atoms with E-state index >= 15 is 0 Å². The van der Waals surface area contributed by atoms with E-state index in [1.165, 1.54) is 0 Å². The molecule has 0 fully saturated rings. The van der Waals surface area contributed by atoms with Crippen LogP contribution in [0.15, 0.2) is 28.9 Å². The molecule has 0 saturated carbocycles. The molecule has 5 nitrogen and oxygen atoms in total.